The van der Waals surface area contributed by atoms with E-state index in [-0.39, 0.29) is 71.0 Å². The van der Waals surface area contributed by atoms with Crippen molar-refractivity contribution < 1.29 is 56.9 Å². The largest absolute Gasteiger partial charge is 1.00 e. The molecule has 0 radical (unpaired) electrons. The minimum Gasteiger partial charge on any atom is -0.726 e. The van der Waals surface area contributed by atoms with Crippen LogP contribution in [0.4, 0.5) is 0 Å². The first-order valence-electron chi connectivity index (χ1n) is 12.9. The number of hydrogen-bond donors (Lipinski definition) is 2. The third-order valence-electron chi connectivity index (χ3n) is 11.0. The fourth-order valence-electron chi connectivity index (χ4n) is 9.47. The summed E-state index contributed by atoms with van der Waals surface area (Å²) in [7, 11) is -4.64. The molecular weight excluding hydrogens is 451 g/mol. The molecule has 4 rings (SSSR count). The van der Waals surface area contributed by atoms with E-state index in [1.807, 2.05) is 0 Å². The summed E-state index contributed by atoms with van der Waals surface area (Å²) in [5.41, 5.74) is 0.332. The van der Waals surface area contributed by atoms with Gasteiger partial charge < -0.3 is 14.8 Å². The molecule has 0 heterocycles. The second-order valence-electron chi connectivity index (χ2n) is 12.1. The van der Waals surface area contributed by atoms with Crippen molar-refractivity contribution in [3.05, 3.63) is 0 Å². The average molecular weight is 495 g/mol. The van der Waals surface area contributed by atoms with E-state index < -0.39 is 10.4 Å². The van der Waals surface area contributed by atoms with Crippen LogP contribution in [-0.2, 0) is 14.6 Å². The van der Waals surface area contributed by atoms with Crippen molar-refractivity contribution in [3.63, 3.8) is 0 Å². The van der Waals surface area contributed by atoms with Gasteiger partial charge in [0.1, 0.15) is 0 Å². The molecule has 4 saturated carbocycles. The van der Waals surface area contributed by atoms with Gasteiger partial charge in [0, 0.05) is 0 Å². The van der Waals surface area contributed by atoms with E-state index in [4.69, 9.17) is 0 Å². The second-order valence-corrected chi connectivity index (χ2v) is 13.2. The Hall–Kier alpha value is 0.790. The van der Waals surface area contributed by atoms with Crippen molar-refractivity contribution >= 4 is 10.4 Å². The van der Waals surface area contributed by atoms with Gasteiger partial charge in [0.05, 0.1) is 18.8 Å². The van der Waals surface area contributed by atoms with E-state index in [2.05, 4.69) is 31.9 Å². The maximum atomic E-state index is 11.7. The molecule has 0 spiro atoms. The van der Waals surface area contributed by atoms with Gasteiger partial charge in [0.25, 0.3) is 0 Å². The molecule has 4 fully saturated rings. The summed E-state index contributed by atoms with van der Waals surface area (Å²) in [5, 5.41) is 22.1. The number of aliphatic hydroxyl groups excluding tert-OH is 2. The summed E-state index contributed by atoms with van der Waals surface area (Å²) in [4.78, 5) is 0. The van der Waals surface area contributed by atoms with Gasteiger partial charge in [-0.15, -0.1) is 0 Å². The monoisotopic (exact) mass is 494 g/mol. The van der Waals surface area contributed by atoms with Crippen LogP contribution in [0, 0.1) is 52.3 Å². The molecule has 186 valence electrons. The second kappa shape index (κ2) is 10.3. The van der Waals surface area contributed by atoms with Gasteiger partial charge in [-0.05, 0) is 104 Å². The number of fused-ring (bicyclic) bond motifs is 5. The van der Waals surface area contributed by atoms with E-state index >= 15 is 0 Å². The van der Waals surface area contributed by atoms with Crippen LogP contribution in [-0.4, -0.2) is 42.0 Å². The topological polar surface area (TPSA) is 107 Å². The van der Waals surface area contributed by atoms with Crippen LogP contribution in [0.25, 0.3) is 0 Å². The summed E-state index contributed by atoms with van der Waals surface area (Å²) in [5.74, 6) is 2.69. The van der Waals surface area contributed by atoms with E-state index in [0.29, 0.717) is 36.0 Å². The first-order valence-corrected chi connectivity index (χ1v) is 14.2. The maximum absolute atomic E-state index is 11.7. The molecule has 0 aliphatic heterocycles. The Morgan fingerprint density at radius 3 is 2.30 bits per heavy atom. The zero-order chi connectivity index (χ0) is 23.5. The predicted molar refractivity (Wildman–Crippen MR) is 121 cm³/mol. The molecule has 6 nitrogen and oxygen atoms in total. The Morgan fingerprint density at radius 1 is 1.03 bits per heavy atom. The Balaban J connectivity index is 0.00000306. The zero-order valence-corrected chi connectivity index (χ0v) is 24.0. The normalized spacial score (nSPS) is 48.2. The van der Waals surface area contributed by atoms with Gasteiger partial charge in [-0.1, -0.05) is 34.1 Å². The fraction of sp³-hybridized carbons (Fsp3) is 1.00. The molecular formula is C25H43NaO6S. The van der Waals surface area contributed by atoms with Gasteiger partial charge >= 0.3 is 29.6 Å². The van der Waals surface area contributed by atoms with Crippen molar-refractivity contribution in [3.8, 4) is 0 Å². The molecule has 2 N–H and O–H groups in total. The summed E-state index contributed by atoms with van der Waals surface area (Å²) >= 11 is 0. The van der Waals surface area contributed by atoms with Crippen molar-refractivity contribution in [2.45, 2.75) is 97.7 Å². The fourth-order valence-corrected chi connectivity index (χ4v) is 9.77. The first-order chi connectivity index (χ1) is 14.9. The predicted octanol–water partition coefficient (Wildman–Crippen LogP) is 1.12. The van der Waals surface area contributed by atoms with Gasteiger partial charge in [-0.25, -0.2) is 8.42 Å². The van der Waals surface area contributed by atoms with Crippen molar-refractivity contribution in [1.82, 2.24) is 0 Å². The van der Waals surface area contributed by atoms with Gasteiger partial charge in [0.15, 0.2) is 0 Å². The molecule has 2 unspecified atom stereocenters. The van der Waals surface area contributed by atoms with Crippen LogP contribution in [0.5, 0.6) is 0 Å². The quantitative estimate of drug-likeness (QED) is 0.326. The minimum atomic E-state index is -4.64. The van der Waals surface area contributed by atoms with Crippen LogP contribution in [0.15, 0.2) is 0 Å². The van der Waals surface area contributed by atoms with Crippen LogP contribution < -0.4 is 29.6 Å². The van der Waals surface area contributed by atoms with Crippen LogP contribution in [0.2, 0.25) is 0 Å². The van der Waals surface area contributed by atoms with Crippen LogP contribution in [0.3, 0.4) is 0 Å². The van der Waals surface area contributed by atoms with Crippen LogP contribution >= 0.6 is 0 Å². The number of aliphatic hydroxyl groups is 2. The number of rotatable bonds is 6. The molecule has 0 aromatic carbocycles. The summed E-state index contributed by atoms with van der Waals surface area (Å²) in [6.07, 6.45) is 8.26. The third kappa shape index (κ3) is 5.01. The average Bonchev–Trinajstić information content (AvgIpc) is 3.06. The zero-order valence-electron chi connectivity index (χ0n) is 21.2. The molecule has 0 amide bonds. The Morgan fingerprint density at radius 2 is 1.67 bits per heavy atom. The molecule has 4 aliphatic rings. The molecule has 4 aliphatic carbocycles. The van der Waals surface area contributed by atoms with Gasteiger partial charge in [-0.3, -0.25) is 4.18 Å². The standard InChI is InChI=1S/C25H44O6S.Na/c1-5-17-21-14-16(26)8-11-25(21,4)20-9-12-24(3)18(6-7-19(24)22(20)23(17)27)15(2)10-13-31-32(28,29)30;/h15-23,26-27H,5-14H2,1-4H3,(H,28,29,30);/q;+1/p-1/t15-,16-,17-,18-,19?,20?,21+,22+,23-,24-,25-;/m1./s1. The van der Waals surface area contributed by atoms with E-state index in [1.54, 1.807) is 0 Å². The van der Waals surface area contributed by atoms with Crippen LogP contribution in [0.1, 0.15) is 85.5 Å². The SMILES string of the molecule is CC[C@H]1[C@@H](O)[C@H]2C3CC[C@H]([C@H](C)CCOS(=O)(=O)[O-])[C@@]3(C)CCC2[C@@]2(C)CC[C@@H](O)C[C@@H]12.[Na+]. The van der Waals surface area contributed by atoms with E-state index in [0.717, 1.165) is 51.4 Å². The minimum absolute atomic E-state index is 0. The molecule has 0 aromatic rings. The van der Waals surface area contributed by atoms with Crippen molar-refractivity contribution in [2.24, 2.45) is 52.3 Å². The molecule has 33 heavy (non-hydrogen) atoms. The summed E-state index contributed by atoms with van der Waals surface area (Å²) in [6.45, 7) is 9.17. The molecule has 8 heteroatoms. The molecule has 0 saturated heterocycles. The third-order valence-corrected chi connectivity index (χ3v) is 11.4. The smallest absolute Gasteiger partial charge is 0.726 e. The van der Waals surface area contributed by atoms with Gasteiger partial charge in [0.2, 0.25) is 10.4 Å². The molecule has 0 bridgehead atoms. The van der Waals surface area contributed by atoms with Crippen molar-refractivity contribution in [1.29, 1.82) is 0 Å². The molecule has 11 atom stereocenters. The summed E-state index contributed by atoms with van der Waals surface area (Å²) < 4.78 is 37.0. The number of hydrogen-bond acceptors (Lipinski definition) is 6. The Bertz CT molecular complexity index is 792. The van der Waals surface area contributed by atoms with E-state index in [1.165, 1.54) is 0 Å². The maximum Gasteiger partial charge on any atom is 1.00 e. The van der Waals surface area contributed by atoms with Crippen molar-refractivity contribution in [2.75, 3.05) is 6.61 Å². The Labute approximate surface area is 222 Å². The first kappa shape index (κ1) is 28.4. The van der Waals surface area contributed by atoms with E-state index in [9.17, 15) is 23.2 Å². The summed E-state index contributed by atoms with van der Waals surface area (Å²) in [6, 6.07) is 0. The molecule has 0 aromatic heterocycles. The Kier molecular flexibility index (Phi) is 8.83. The van der Waals surface area contributed by atoms with Gasteiger partial charge in [-0.2, -0.15) is 0 Å².